The Morgan fingerprint density at radius 2 is 1.91 bits per heavy atom. The van der Waals surface area contributed by atoms with Crippen molar-refractivity contribution in [2.24, 2.45) is 0 Å². The number of aromatic nitrogens is 2. The summed E-state index contributed by atoms with van der Waals surface area (Å²) in [6, 6.07) is 8.52. The summed E-state index contributed by atoms with van der Waals surface area (Å²) in [5.74, 6) is -1.33. The first-order chi connectivity index (χ1) is 10.4. The third-order valence-electron chi connectivity index (χ3n) is 2.80. The van der Waals surface area contributed by atoms with Gasteiger partial charge in [0.25, 0.3) is 0 Å². The molecule has 1 aromatic carbocycles. The summed E-state index contributed by atoms with van der Waals surface area (Å²) < 4.78 is 41.4. The van der Waals surface area contributed by atoms with E-state index < -0.39 is 12.1 Å². The van der Waals surface area contributed by atoms with E-state index in [1.807, 2.05) is 0 Å². The highest BCUT2D eigenvalue weighted by Gasteiger charge is 2.38. The minimum atomic E-state index is -4.91. The van der Waals surface area contributed by atoms with Gasteiger partial charge in [-0.05, 0) is 30.3 Å². The lowest BCUT2D eigenvalue weighted by Crippen LogP contribution is -2.36. The molecule has 5 nitrogen and oxygen atoms in total. The third kappa shape index (κ3) is 3.94. The Bertz CT molecular complexity index is 657. The number of carbonyl (C=O) groups excluding carboxylic acids is 1. The molecule has 1 heterocycles. The molecule has 0 bridgehead atoms. The third-order valence-corrected chi connectivity index (χ3v) is 2.80. The molecule has 0 aliphatic rings. The molecular formula is C14H12F3N3O2. The van der Waals surface area contributed by atoms with E-state index in [2.05, 4.69) is 9.97 Å². The molecule has 0 saturated carbocycles. The van der Waals surface area contributed by atoms with E-state index >= 15 is 0 Å². The van der Waals surface area contributed by atoms with Crippen LogP contribution in [0.25, 0.3) is 11.3 Å². The molecule has 0 radical (unpaired) electrons. The first kappa shape index (κ1) is 15.7. The quantitative estimate of drug-likeness (QED) is 0.941. The number of halogens is 3. The zero-order valence-corrected chi connectivity index (χ0v) is 11.5. The van der Waals surface area contributed by atoms with E-state index in [1.54, 1.807) is 36.7 Å². The Hall–Kier alpha value is -2.64. The maximum Gasteiger partial charge on any atom is 0.471 e. The van der Waals surface area contributed by atoms with Crippen LogP contribution in [-0.2, 0) is 11.3 Å². The summed E-state index contributed by atoms with van der Waals surface area (Å²) in [4.78, 5) is 18.7. The maximum absolute atomic E-state index is 12.1. The summed E-state index contributed by atoms with van der Waals surface area (Å²) in [6.07, 6.45) is -3.68. The van der Waals surface area contributed by atoms with Gasteiger partial charge in [-0.15, -0.1) is 0 Å². The highest BCUT2D eigenvalue weighted by atomic mass is 19.4. The zero-order chi connectivity index (χ0) is 16.2. The lowest BCUT2D eigenvalue weighted by atomic mass is 10.1. The largest absolute Gasteiger partial charge is 0.497 e. The van der Waals surface area contributed by atoms with Crippen molar-refractivity contribution < 1.29 is 22.7 Å². The predicted molar refractivity (Wildman–Crippen MR) is 71.9 cm³/mol. The summed E-state index contributed by atoms with van der Waals surface area (Å²) in [6.45, 7) is -0.329. The normalized spacial score (nSPS) is 11.1. The molecular weight excluding hydrogens is 299 g/mol. The molecule has 1 N–H and O–H groups in total. The van der Waals surface area contributed by atoms with Crippen molar-refractivity contribution in [1.29, 1.82) is 0 Å². The lowest BCUT2D eigenvalue weighted by molar-refractivity contribution is -0.173. The highest BCUT2D eigenvalue weighted by molar-refractivity contribution is 5.81. The second-order valence-corrected chi connectivity index (χ2v) is 4.30. The second-order valence-electron chi connectivity index (χ2n) is 4.30. The van der Waals surface area contributed by atoms with Gasteiger partial charge in [0.15, 0.2) is 0 Å². The van der Waals surface area contributed by atoms with Crippen LogP contribution < -0.4 is 10.1 Å². The molecule has 8 heteroatoms. The van der Waals surface area contributed by atoms with Crippen molar-refractivity contribution in [2.75, 3.05) is 7.11 Å². The zero-order valence-electron chi connectivity index (χ0n) is 11.5. The minimum absolute atomic E-state index is 0.276. The average Bonchev–Trinajstić information content (AvgIpc) is 2.52. The Kier molecular flexibility index (Phi) is 4.59. The summed E-state index contributed by atoms with van der Waals surface area (Å²) in [7, 11) is 1.54. The molecule has 1 amide bonds. The maximum atomic E-state index is 12.1. The van der Waals surface area contributed by atoms with Crippen LogP contribution in [0.1, 0.15) is 5.69 Å². The Balaban J connectivity index is 2.11. The fraction of sp³-hybridized carbons (Fsp3) is 0.214. The van der Waals surface area contributed by atoms with Gasteiger partial charge in [-0.25, -0.2) is 9.97 Å². The van der Waals surface area contributed by atoms with Crippen LogP contribution in [0.2, 0.25) is 0 Å². The van der Waals surface area contributed by atoms with Crippen molar-refractivity contribution in [3.8, 4) is 17.0 Å². The lowest BCUT2D eigenvalue weighted by Gasteiger charge is -2.08. The monoisotopic (exact) mass is 311 g/mol. The van der Waals surface area contributed by atoms with Crippen LogP contribution in [-0.4, -0.2) is 29.2 Å². The van der Waals surface area contributed by atoms with Crippen LogP contribution in [0.15, 0.2) is 36.7 Å². The highest BCUT2D eigenvalue weighted by Crippen LogP contribution is 2.20. The number of ether oxygens (including phenoxy) is 1. The van der Waals surface area contributed by atoms with E-state index in [0.717, 1.165) is 5.56 Å². The van der Waals surface area contributed by atoms with Gasteiger partial charge in [0.2, 0.25) is 0 Å². The second kappa shape index (κ2) is 6.42. The van der Waals surface area contributed by atoms with E-state index in [-0.39, 0.29) is 12.2 Å². The van der Waals surface area contributed by atoms with Gasteiger partial charge in [0.1, 0.15) is 12.1 Å². The number of carbonyl (C=O) groups is 1. The van der Waals surface area contributed by atoms with Crippen molar-refractivity contribution in [3.05, 3.63) is 42.4 Å². The van der Waals surface area contributed by atoms with Crippen LogP contribution >= 0.6 is 0 Å². The summed E-state index contributed by atoms with van der Waals surface area (Å²) in [5, 5.41) is 1.76. The molecule has 0 fully saturated rings. The van der Waals surface area contributed by atoms with Crippen molar-refractivity contribution in [3.63, 3.8) is 0 Å². The van der Waals surface area contributed by atoms with E-state index in [4.69, 9.17) is 4.74 Å². The Morgan fingerprint density at radius 1 is 1.23 bits per heavy atom. The van der Waals surface area contributed by atoms with Gasteiger partial charge in [-0.2, -0.15) is 13.2 Å². The number of benzene rings is 1. The molecule has 0 spiro atoms. The fourth-order valence-corrected chi connectivity index (χ4v) is 1.68. The van der Waals surface area contributed by atoms with Crippen molar-refractivity contribution in [1.82, 2.24) is 15.3 Å². The van der Waals surface area contributed by atoms with Crippen molar-refractivity contribution in [2.45, 2.75) is 12.7 Å². The number of nitrogens with one attached hydrogen (secondary N) is 1. The fourth-order valence-electron chi connectivity index (χ4n) is 1.68. The number of methoxy groups -OCH3 is 1. The average molecular weight is 311 g/mol. The number of hydrogen-bond acceptors (Lipinski definition) is 4. The molecule has 0 unspecified atom stereocenters. The van der Waals surface area contributed by atoms with Gasteiger partial charge >= 0.3 is 12.1 Å². The van der Waals surface area contributed by atoms with Crippen LogP contribution in [0.5, 0.6) is 5.75 Å². The Labute approximate surface area is 124 Å². The molecule has 116 valence electrons. The van der Waals surface area contributed by atoms with E-state index in [9.17, 15) is 18.0 Å². The first-order valence-electron chi connectivity index (χ1n) is 6.20. The van der Waals surface area contributed by atoms with Crippen molar-refractivity contribution >= 4 is 5.91 Å². The molecule has 0 atom stereocenters. The molecule has 2 aromatic rings. The molecule has 0 aliphatic carbocycles. The minimum Gasteiger partial charge on any atom is -0.497 e. The summed E-state index contributed by atoms with van der Waals surface area (Å²) >= 11 is 0. The topological polar surface area (TPSA) is 64.1 Å². The first-order valence-corrected chi connectivity index (χ1v) is 6.20. The number of nitrogens with zero attached hydrogens (tertiary/aromatic N) is 2. The van der Waals surface area contributed by atoms with Gasteiger partial charge in [-0.3, -0.25) is 4.79 Å². The van der Waals surface area contributed by atoms with Crippen LogP contribution in [0.4, 0.5) is 13.2 Å². The number of amides is 1. The Morgan fingerprint density at radius 3 is 2.50 bits per heavy atom. The molecule has 1 aromatic heterocycles. The van der Waals surface area contributed by atoms with Crippen LogP contribution in [0.3, 0.4) is 0 Å². The smallest absolute Gasteiger partial charge is 0.471 e. The van der Waals surface area contributed by atoms with E-state index in [1.165, 1.54) is 12.4 Å². The summed E-state index contributed by atoms with van der Waals surface area (Å²) in [5.41, 5.74) is 1.57. The SMILES string of the molecule is COc1ccc(-c2cc(CNC(=O)C(F)(F)F)ncn2)cc1. The van der Waals surface area contributed by atoms with Crippen LogP contribution in [0, 0.1) is 0 Å². The van der Waals surface area contributed by atoms with Gasteiger partial charge in [0, 0.05) is 5.56 Å². The van der Waals surface area contributed by atoms with Gasteiger partial charge in [-0.1, -0.05) is 0 Å². The predicted octanol–water partition coefficient (Wildman–Crippen LogP) is 2.33. The standard InChI is InChI=1S/C14H12F3N3O2/c1-22-11-4-2-9(3-5-11)12-6-10(19-8-20-12)7-18-13(21)14(15,16)17/h2-6,8H,7H2,1H3,(H,18,21). The number of alkyl halides is 3. The molecule has 0 aliphatic heterocycles. The number of hydrogen-bond donors (Lipinski definition) is 1. The van der Waals surface area contributed by atoms with Gasteiger partial charge < -0.3 is 10.1 Å². The molecule has 2 rings (SSSR count). The molecule has 22 heavy (non-hydrogen) atoms. The molecule has 0 saturated heterocycles. The van der Waals surface area contributed by atoms with Gasteiger partial charge in [0.05, 0.1) is 25.0 Å². The van der Waals surface area contributed by atoms with E-state index in [0.29, 0.717) is 11.4 Å². The number of rotatable bonds is 4.